The molecule has 0 aliphatic heterocycles. The number of hydrogen-bond donors (Lipinski definition) is 1. The molecule has 1 rings (SSSR count). The summed E-state index contributed by atoms with van der Waals surface area (Å²) in [5, 5.41) is 13.9. The third-order valence-corrected chi connectivity index (χ3v) is 2.27. The van der Waals surface area contributed by atoms with Gasteiger partial charge in [0.1, 0.15) is 0 Å². The van der Waals surface area contributed by atoms with Crippen LogP contribution in [-0.2, 0) is 0 Å². The smallest absolute Gasteiger partial charge is 0.0924 e. The number of allylic oxidation sites excluding steroid dienone is 1. The van der Waals surface area contributed by atoms with Gasteiger partial charge in [-0.15, -0.1) is 0 Å². The first kappa shape index (κ1) is 9.85. The van der Waals surface area contributed by atoms with Gasteiger partial charge in [-0.3, -0.25) is 5.14 Å². The molecule has 0 radical (unpaired) electrons. The van der Waals surface area contributed by atoms with Crippen molar-refractivity contribution in [1.29, 1.82) is 5.26 Å². The lowest BCUT2D eigenvalue weighted by atomic mass is 10.1. The Balaban J connectivity index is 3.01. The molecule has 0 fully saturated rings. The van der Waals surface area contributed by atoms with E-state index < -0.39 is 0 Å². The lowest BCUT2D eigenvalue weighted by Crippen LogP contribution is -1.84. The molecule has 0 aliphatic carbocycles. The summed E-state index contributed by atoms with van der Waals surface area (Å²) in [7, 11) is 0. The number of nitrogens with two attached hydrogens (primary N) is 1. The molecule has 0 atom stereocenters. The van der Waals surface area contributed by atoms with Crippen LogP contribution < -0.4 is 5.14 Å². The first-order valence-electron chi connectivity index (χ1n) is 3.81. The van der Waals surface area contributed by atoms with Crippen LogP contribution in [0.4, 0.5) is 0 Å². The van der Waals surface area contributed by atoms with Crippen LogP contribution in [0.1, 0.15) is 11.1 Å². The average Bonchev–Trinajstić information content (AvgIpc) is 2.16. The molecule has 0 amide bonds. The fraction of sp³-hybridized carbons (Fsp3) is 0.100. The highest BCUT2D eigenvalue weighted by Crippen LogP contribution is 2.22. The van der Waals surface area contributed by atoms with Gasteiger partial charge in [-0.2, -0.15) is 5.26 Å². The third kappa shape index (κ3) is 2.62. The van der Waals surface area contributed by atoms with Crippen LogP contribution in [0.3, 0.4) is 0 Å². The summed E-state index contributed by atoms with van der Waals surface area (Å²) in [4.78, 5) is 0.794. The molecule has 0 aromatic heterocycles. The van der Waals surface area contributed by atoms with Gasteiger partial charge >= 0.3 is 0 Å². The molecule has 66 valence electrons. The van der Waals surface area contributed by atoms with Crippen LogP contribution in [0.2, 0.25) is 0 Å². The highest BCUT2D eigenvalue weighted by Gasteiger charge is 1.98. The Morgan fingerprint density at radius 3 is 2.54 bits per heavy atom. The van der Waals surface area contributed by atoms with Crippen molar-refractivity contribution in [3.8, 4) is 6.07 Å². The van der Waals surface area contributed by atoms with Gasteiger partial charge in [0.25, 0.3) is 0 Å². The van der Waals surface area contributed by atoms with Crippen molar-refractivity contribution in [1.82, 2.24) is 0 Å². The molecular formula is C10H10N2S. The zero-order valence-corrected chi connectivity index (χ0v) is 8.14. The molecule has 0 spiro atoms. The van der Waals surface area contributed by atoms with E-state index in [0.717, 1.165) is 22.4 Å². The predicted octanol–water partition coefficient (Wildman–Crippen LogP) is 2.47. The summed E-state index contributed by atoms with van der Waals surface area (Å²) in [6, 6.07) is 9.88. The van der Waals surface area contributed by atoms with E-state index >= 15 is 0 Å². The Kier molecular flexibility index (Phi) is 3.56. The van der Waals surface area contributed by atoms with E-state index in [1.54, 1.807) is 0 Å². The second-order valence-electron chi connectivity index (χ2n) is 2.62. The summed E-state index contributed by atoms with van der Waals surface area (Å²) < 4.78 is 0. The molecule has 13 heavy (non-hydrogen) atoms. The minimum atomic E-state index is 0.794. The second kappa shape index (κ2) is 4.70. The van der Waals surface area contributed by atoms with Gasteiger partial charge in [0, 0.05) is 11.0 Å². The van der Waals surface area contributed by atoms with E-state index in [4.69, 9.17) is 10.4 Å². The summed E-state index contributed by atoms with van der Waals surface area (Å²) in [6.45, 7) is 2.02. The molecule has 3 heteroatoms. The van der Waals surface area contributed by atoms with Crippen LogP contribution >= 0.6 is 11.9 Å². The average molecular weight is 190 g/mol. The minimum Gasteiger partial charge on any atom is -0.274 e. The molecule has 0 saturated carbocycles. The fourth-order valence-corrected chi connectivity index (χ4v) is 1.35. The van der Waals surface area contributed by atoms with Crippen LogP contribution in [0.25, 0.3) is 4.91 Å². The number of hydrogen-bond acceptors (Lipinski definition) is 3. The predicted molar refractivity (Wildman–Crippen MR) is 56.5 cm³/mol. The number of nitriles is 1. The van der Waals surface area contributed by atoms with E-state index in [2.05, 4.69) is 0 Å². The number of aryl methyl sites for hydroxylation is 1. The zero-order chi connectivity index (χ0) is 9.68. The van der Waals surface area contributed by atoms with Gasteiger partial charge in [0.05, 0.1) is 6.07 Å². The molecule has 2 N–H and O–H groups in total. The Morgan fingerprint density at radius 2 is 2.08 bits per heavy atom. The molecule has 0 bridgehead atoms. The SMILES string of the molecule is Cc1ccc(/C(=C\C#N)SN)cc1. The molecule has 0 unspecified atom stereocenters. The second-order valence-corrected chi connectivity index (χ2v) is 3.30. The maximum absolute atomic E-state index is 8.49. The molecule has 1 aromatic rings. The minimum absolute atomic E-state index is 0.794. The summed E-state index contributed by atoms with van der Waals surface area (Å²) in [6.07, 6.45) is 1.45. The van der Waals surface area contributed by atoms with Gasteiger partial charge in [-0.1, -0.05) is 29.8 Å². The van der Waals surface area contributed by atoms with Crippen LogP contribution in [0.15, 0.2) is 30.3 Å². The maximum atomic E-state index is 8.49. The largest absolute Gasteiger partial charge is 0.274 e. The van der Waals surface area contributed by atoms with Crippen LogP contribution in [0, 0.1) is 18.3 Å². The first-order chi connectivity index (χ1) is 6.27. The van der Waals surface area contributed by atoms with Gasteiger partial charge in [-0.05, 0) is 24.4 Å². The number of rotatable bonds is 2. The fourth-order valence-electron chi connectivity index (χ4n) is 0.962. The number of nitrogens with zero attached hydrogens (tertiary/aromatic N) is 1. The Morgan fingerprint density at radius 1 is 1.46 bits per heavy atom. The van der Waals surface area contributed by atoms with Crippen LogP contribution in [0.5, 0.6) is 0 Å². The van der Waals surface area contributed by atoms with Crippen molar-refractivity contribution in [2.24, 2.45) is 5.14 Å². The normalized spacial score (nSPS) is 11.0. The first-order valence-corrected chi connectivity index (χ1v) is 4.69. The van der Waals surface area contributed by atoms with E-state index in [0.29, 0.717) is 0 Å². The Hall–Kier alpha value is -1.24. The van der Waals surface area contributed by atoms with E-state index in [-0.39, 0.29) is 0 Å². The van der Waals surface area contributed by atoms with E-state index in [1.165, 1.54) is 11.6 Å². The molecular weight excluding hydrogens is 180 g/mol. The molecule has 0 heterocycles. The summed E-state index contributed by atoms with van der Waals surface area (Å²) in [5.74, 6) is 0. The van der Waals surface area contributed by atoms with Crippen molar-refractivity contribution in [2.75, 3.05) is 0 Å². The van der Waals surface area contributed by atoms with Crippen molar-refractivity contribution < 1.29 is 0 Å². The maximum Gasteiger partial charge on any atom is 0.0924 e. The van der Waals surface area contributed by atoms with Gasteiger partial charge in [-0.25, -0.2) is 0 Å². The molecule has 2 nitrogen and oxygen atoms in total. The zero-order valence-electron chi connectivity index (χ0n) is 7.32. The molecule has 0 aliphatic rings. The summed E-state index contributed by atoms with van der Waals surface area (Å²) >= 11 is 1.09. The third-order valence-electron chi connectivity index (χ3n) is 1.66. The Labute approximate surface area is 82.2 Å². The lowest BCUT2D eigenvalue weighted by Gasteiger charge is -2.01. The Bertz CT molecular complexity index is 346. The van der Waals surface area contributed by atoms with Crippen molar-refractivity contribution in [2.45, 2.75) is 6.92 Å². The van der Waals surface area contributed by atoms with Crippen LogP contribution in [-0.4, -0.2) is 0 Å². The van der Waals surface area contributed by atoms with E-state index in [1.807, 2.05) is 37.3 Å². The van der Waals surface area contributed by atoms with Gasteiger partial charge < -0.3 is 0 Å². The molecule has 1 aromatic carbocycles. The monoisotopic (exact) mass is 190 g/mol. The van der Waals surface area contributed by atoms with E-state index in [9.17, 15) is 0 Å². The molecule has 0 saturated heterocycles. The quantitative estimate of drug-likeness (QED) is 0.575. The summed E-state index contributed by atoms with van der Waals surface area (Å²) in [5.41, 5.74) is 2.18. The van der Waals surface area contributed by atoms with Crippen molar-refractivity contribution in [3.05, 3.63) is 41.5 Å². The lowest BCUT2D eigenvalue weighted by molar-refractivity contribution is 1.46. The topological polar surface area (TPSA) is 49.8 Å². The van der Waals surface area contributed by atoms with Crippen molar-refractivity contribution >= 4 is 16.9 Å². The van der Waals surface area contributed by atoms with Gasteiger partial charge in [0.15, 0.2) is 0 Å². The van der Waals surface area contributed by atoms with Crippen molar-refractivity contribution in [3.63, 3.8) is 0 Å². The highest BCUT2D eigenvalue weighted by atomic mass is 32.2. The standard InChI is InChI=1S/C10H10N2S/c1-8-2-4-9(5-3-8)10(13-12)6-7-11/h2-6H,12H2,1H3/b10-6+. The number of benzene rings is 1. The van der Waals surface area contributed by atoms with Gasteiger partial charge in [0.2, 0.25) is 0 Å². The highest BCUT2D eigenvalue weighted by molar-refractivity contribution is 8.06.